The molecule has 3 aromatic heterocycles. The maximum absolute atomic E-state index is 13.4. The van der Waals surface area contributed by atoms with Crippen molar-refractivity contribution in [2.24, 2.45) is 14.1 Å². The molecule has 1 aromatic carbocycles. The highest BCUT2D eigenvalue weighted by Gasteiger charge is 2.24. The second-order valence-electron chi connectivity index (χ2n) is 8.40. The number of nitrogens with zero attached hydrogens (tertiary/aromatic N) is 5. The van der Waals surface area contributed by atoms with Crippen molar-refractivity contribution < 1.29 is 4.39 Å². The third kappa shape index (κ3) is 3.61. The average molecular weight is 454 g/mol. The van der Waals surface area contributed by atoms with Crippen molar-refractivity contribution in [3.05, 3.63) is 79.8 Å². The SMILES string of the molecule is Cn1cc(C2CCN(Cc3csc4c3c(=O)n(-c3ccc(F)cc3)c(=O)n4C)CC2)cn1. The first-order chi connectivity index (χ1) is 15.4. The van der Waals surface area contributed by atoms with E-state index in [1.165, 1.54) is 45.7 Å². The average Bonchev–Trinajstić information content (AvgIpc) is 3.41. The number of thiophene rings is 1. The van der Waals surface area contributed by atoms with Crippen molar-refractivity contribution >= 4 is 21.6 Å². The van der Waals surface area contributed by atoms with Crippen LogP contribution in [0.25, 0.3) is 15.9 Å². The predicted molar refractivity (Wildman–Crippen MR) is 123 cm³/mol. The van der Waals surface area contributed by atoms with Gasteiger partial charge in [-0.25, -0.2) is 13.8 Å². The maximum atomic E-state index is 13.4. The van der Waals surface area contributed by atoms with Crippen molar-refractivity contribution in [1.82, 2.24) is 23.8 Å². The normalized spacial score (nSPS) is 15.6. The molecule has 5 rings (SSSR count). The molecule has 7 nitrogen and oxygen atoms in total. The van der Waals surface area contributed by atoms with Crippen LogP contribution in [0.2, 0.25) is 0 Å². The number of benzene rings is 1. The second-order valence-corrected chi connectivity index (χ2v) is 9.26. The largest absolute Gasteiger partial charge is 0.336 e. The Morgan fingerprint density at radius 1 is 1.12 bits per heavy atom. The Hall–Kier alpha value is -3.04. The van der Waals surface area contributed by atoms with E-state index in [0.717, 1.165) is 36.1 Å². The fraction of sp³-hybridized carbons (Fsp3) is 0.348. The zero-order valence-corrected chi connectivity index (χ0v) is 18.8. The highest BCUT2D eigenvalue weighted by Crippen LogP contribution is 2.30. The molecule has 1 saturated heterocycles. The molecule has 0 atom stereocenters. The number of halogens is 1. The number of likely N-dealkylation sites (tertiary alicyclic amines) is 1. The molecule has 0 N–H and O–H groups in total. The Balaban J connectivity index is 1.45. The Morgan fingerprint density at radius 3 is 2.50 bits per heavy atom. The summed E-state index contributed by atoms with van der Waals surface area (Å²) in [7, 11) is 3.61. The lowest BCUT2D eigenvalue weighted by atomic mass is 9.91. The van der Waals surface area contributed by atoms with Gasteiger partial charge in [-0.2, -0.15) is 5.10 Å². The predicted octanol–water partition coefficient (Wildman–Crippen LogP) is 3.00. The third-order valence-electron chi connectivity index (χ3n) is 6.31. The molecule has 0 amide bonds. The molecule has 1 aliphatic rings. The van der Waals surface area contributed by atoms with Gasteiger partial charge in [-0.05, 0) is 72.6 Å². The van der Waals surface area contributed by atoms with E-state index in [1.807, 2.05) is 23.3 Å². The molecule has 4 heterocycles. The van der Waals surface area contributed by atoms with Crippen molar-refractivity contribution in [1.29, 1.82) is 0 Å². The maximum Gasteiger partial charge on any atom is 0.336 e. The molecular formula is C23H24FN5O2S. The summed E-state index contributed by atoms with van der Waals surface area (Å²) in [6.45, 7) is 2.54. The first kappa shape index (κ1) is 20.8. The van der Waals surface area contributed by atoms with Crippen molar-refractivity contribution in [3.63, 3.8) is 0 Å². The van der Waals surface area contributed by atoms with Gasteiger partial charge in [0.1, 0.15) is 10.6 Å². The minimum absolute atomic E-state index is 0.351. The van der Waals surface area contributed by atoms with Gasteiger partial charge in [0, 0.05) is 26.8 Å². The summed E-state index contributed by atoms with van der Waals surface area (Å²) in [5.74, 6) is 0.0984. The number of fused-ring (bicyclic) bond motifs is 1. The van der Waals surface area contributed by atoms with Gasteiger partial charge in [-0.1, -0.05) is 0 Å². The molecule has 0 saturated carbocycles. The van der Waals surface area contributed by atoms with Crippen LogP contribution < -0.4 is 11.2 Å². The van der Waals surface area contributed by atoms with E-state index < -0.39 is 11.5 Å². The molecule has 4 aromatic rings. The van der Waals surface area contributed by atoms with E-state index in [1.54, 1.807) is 7.05 Å². The minimum Gasteiger partial charge on any atom is -0.299 e. The minimum atomic E-state index is -0.431. The van der Waals surface area contributed by atoms with Crippen LogP contribution in [-0.2, 0) is 20.6 Å². The lowest BCUT2D eigenvalue weighted by Gasteiger charge is -2.31. The molecular weight excluding hydrogens is 429 g/mol. The van der Waals surface area contributed by atoms with Gasteiger partial charge in [0.2, 0.25) is 0 Å². The van der Waals surface area contributed by atoms with Crippen LogP contribution in [-0.4, -0.2) is 36.9 Å². The fourth-order valence-corrected chi connectivity index (χ4v) is 5.56. The number of hydrogen-bond acceptors (Lipinski definition) is 5. The van der Waals surface area contributed by atoms with Crippen LogP contribution in [0.4, 0.5) is 4.39 Å². The van der Waals surface area contributed by atoms with Crippen LogP contribution in [0.3, 0.4) is 0 Å². The molecule has 32 heavy (non-hydrogen) atoms. The summed E-state index contributed by atoms with van der Waals surface area (Å²) in [5.41, 5.74) is 1.80. The second kappa shape index (κ2) is 8.14. The number of aromatic nitrogens is 4. The fourth-order valence-electron chi connectivity index (χ4n) is 4.54. The Labute approximate surface area is 187 Å². The number of hydrogen-bond donors (Lipinski definition) is 0. The summed E-state index contributed by atoms with van der Waals surface area (Å²) >= 11 is 1.42. The molecule has 0 aliphatic carbocycles. The van der Waals surface area contributed by atoms with Gasteiger partial charge in [-0.15, -0.1) is 11.3 Å². The summed E-state index contributed by atoms with van der Waals surface area (Å²) < 4.78 is 17.8. The smallest absolute Gasteiger partial charge is 0.299 e. The highest BCUT2D eigenvalue weighted by molar-refractivity contribution is 7.17. The number of aryl methyl sites for hydroxylation is 2. The van der Waals surface area contributed by atoms with Crippen molar-refractivity contribution in [2.75, 3.05) is 13.1 Å². The van der Waals surface area contributed by atoms with Crippen LogP contribution in [0.15, 0.2) is 51.6 Å². The molecule has 1 aliphatic heterocycles. The van der Waals surface area contributed by atoms with Gasteiger partial charge in [0.25, 0.3) is 5.56 Å². The molecule has 0 bridgehead atoms. The lowest BCUT2D eigenvalue weighted by Crippen LogP contribution is -2.38. The Morgan fingerprint density at radius 2 is 1.84 bits per heavy atom. The molecule has 0 radical (unpaired) electrons. The quantitative estimate of drug-likeness (QED) is 0.477. The van der Waals surface area contributed by atoms with Gasteiger partial charge in [0.15, 0.2) is 0 Å². The van der Waals surface area contributed by atoms with E-state index in [2.05, 4.69) is 16.2 Å². The van der Waals surface area contributed by atoms with Gasteiger partial charge >= 0.3 is 5.69 Å². The van der Waals surface area contributed by atoms with Crippen molar-refractivity contribution in [3.8, 4) is 5.69 Å². The van der Waals surface area contributed by atoms with Gasteiger partial charge in [-0.3, -0.25) is 18.9 Å². The van der Waals surface area contributed by atoms with E-state index in [-0.39, 0.29) is 5.56 Å². The standard InChI is InChI=1S/C23H24FN5O2S/c1-26-12-16(11-25-26)15-7-9-28(10-8-15)13-17-14-32-22-20(17)21(30)29(23(31)27(22)2)19-5-3-18(24)4-6-19/h3-6,11-12,14-15H,7-10,13H2,1-2H3. The van der Waals surface area contributed by atoms with Crippen molar-refractivity contribution in [2.45, 2.75) is 25.3 Å². The van der Waals surface area contributed by atoms with E-state index in [4.69, 9.17) is 0 Å². The topological polar surface area (TPSA) is 65.1 Å². The summed E-state index contributed by atoms with van der Waals surface area (Å²) in [6.07, 6.45) is 6.13. The molecule has 9 heteroatoms. The van der Waals surface area contributed by atoms with Crippen LogP contribution in [0.5, 0.6) is 0 Å². The first-order valence-corrected chi connectivity index (χ1v) is 11.5. The van der Waals surface area contributed by atoms with Crippen LogP contribution in [0.1, 0.15) is 29.9 Å². The Bertz CT molecular complexity index is 1390. The van der Waals surface area contributed by atoms with Crippen LogP contribution >= 0.6 is 11.3 Å². The molecule has 0 spiro atoms. The zero-order valence-electron chi connectivity index (χ0n) is 18.0. The van der Waals surface area contributed by atoms with Crippen LogP contribution in [0, 0.1) is 5.82 Å². The number of rotatable bonds is 4. The molecule has 166 valence electrons. The zero-order chi connectivity index (χ0) is 22.4. The molecule has 1 fully saturated rings. The molecule has 0 unspecified atom stereocenters. The third-order valence-corrected chi connectivity index (χ3v) is 7.41. The van der Waals surface area contributed by atoms with E-state index >= 15 is 0 Å². The summed E-state index contributed by atoms with van der Waals surface area (Å²) in [5, 5.41) is 6.83. The summed E-state index contributed by atoms with van der Waals surface area (Å²) in [4.78, 5) is 29.3. The first-order valence-electron chi connectivity index (χ1n) is 10.6. The lowest BCUT2D eigenvalue weighted by molar-refractivity contribution is 0.205. The number of piperidine rings is 1. The van der Waals surface area contributed by atoms with E-state index in [9.17, 15) is 14.0 Å². The van der Waals surface area contributed by atoms with Gasteiger partial charge in [0.05, 0.1) is 17.3 Å². The van der Waals surface area contributed by atoms with Gasteiger partial charge < -0.3 is 0 Å². The highest BCUT2D eigenvalue weighted by atomic mass is 32.1. The Kier molecular flexibility index (Phi) is 5.30. The van der Waals surface area contributed by atoms with E-state index in [0.29, 0.717) is 28.4 Å². The monoisotopic (exact) mass is 453 g/mol. The summed E-state index contributed by atoms with van der Waals surface area (Å²) in [6, 6.07) is 5.43.